The van der Waals surface area contributed by atoms with Crippen molar-refractivity contribution in [2.75, 3.05) is 7.11 Å². The molecule has 0 aliphatic carbocycles. The third kappa shape index (κ3) is 2.61. The molecule has 0 bridgehead atoms. The molecular formula is C16H18FNO. The Bertz CT molecular complexity index is 572. The summed E-state index contributed by atoms with van der Waals surface area (Å²) < 4.78 is 19.1. The third-order valence-electron chi connectivity index (χ3n) is 3.29. The lowest BCUT2D eigenvalue weighted by molar-refractivity contribution is 0.408. The number of ether oxygens (including phenoxy) is 1. The lowest BCUT2D eigenvalue weighted by Crippen LogP contribution is -2.14. The van der Waals surface area contributed by atoms with Crippen LogP contribution in [0, 0.1) is 19.7 Å². The molecule has 100 valence electrons. The maximum absolute atomic E-state index is 13.8. The smallest absolute Gasteiger partial charge is 0.128 e. The van der Waals surface area contributed by atoms with E-state index in [0.29, 0.717) is 5.56 Å². The molecule has 2 aromatic rings. The van der Waals surface area contributed by atoms with E-state index in [1.165, 1.54) is 6.07 Å². The molecule has 2 nitrogen and oxygen atoms in total. The molecule has 3 heteroatoms. The predicted octanol–water partition coefficient (Wildman–Crippen LogP) is 3.50. The molecule has 1 unspecified atom stereocenters. The van der Waals surface area contributed by atoms with Gasteiger partial charge in [-0.25, -0.2) is 4.39 Å². The molecule has 0 heterocycles. The number of halogens is 1. The zero-order chi connectivity index (χ0) is 14.0. The van der Waals surface area contributed by atoms with E-state index in [0.717, 1.165) is 22.4 Å². The first-order chi connectivity index (χ1) is 9.04. The van der Waals surface area contributed by atoms with Crippen molar-refractivity contribution in [3.8, 4) is 5.75 Å². The van der Waals surface area contributed by atoms with Gasteiger partial charge in [-0.3, -0.25) is 0 Å². The summed E-state index contributed by atoms with van der Waals surface area (Å²) in [4.78, 5) is 0. The second-order valence-electron chi connectivity index (χ2n) is 4.69. The summed E-state index contributed by atoms with van der Waals surface area (Å²) in [6, 6.07) is 10.0. The second-order valence-corrected chi connectivity index (χ2v) is 4.69. The van der Waals surface area contributed by atoms with E-state index >= 15 is 0 Å². The summed E-state index contributed by atoms with van der Waals surface area (Å²) in [7, 11) is 1.64. The van der Waals surface area contributed by atoms with Crippen LogP contribution < -0.4 is 10.5 Å². The Morgan fingerprint density at radius 1 is 1.11 bits per heavy atom. The SMILES string of the molecule is COc1c(C)cc(C(N)c2ccccc2F)cc1C. The minimum absolute atomic E-state index is 0.277. The van der Waals surface area contributed by atoms with Crippen molar-refractivity contribution in [3.63, 3.8) is 0 Å². The molecule has 2 rings (SSSR count). The van der Waals surface area contributed by atoms with Crippen molar-refractivity contribution in [1.29, 1.82) is 0 Å². The number of nitrogens with two attached hydrogens (primary N) is 1. The summed E-state index contributed by atoms with van der Waals surface area (Å²) in [5.41, 5.74) is 9.57. The number of aryl methyl sites for hydroxylation is 2. The third-order valence-corrected chi connectivity index (χ3v) is 3.29. The van der Waals surface area contributed by atoms with Crippen LogP contribution in [0.2, 0.25) is 0 Å². The lowest BCUT2D eigenvalue weighted by atomic mass is 9.95. The van der Waals surface area contributed by atoms with Crippen LogP contribution in [0.25, 0.3) is 0 Å². The average Bonchev–Trinajstić information content (AvgIpc) is 2.38. The summed E-state index contributed by atoms with van der Waals surface area (Å²) >= 11 is 0. The Balaban J connectivity index is 2.45. The highest BCUT2D eigenvalue weighted by Crippen LogP contribution is 2.29. The Kier molecular flexibility index (Phi) is 3.86. The molecule has 2 N–H and O–H groups in total. The van der Waals surface area contributed by atoms with Gasteiger partial charge in [-0.1, -0.05) is 30.3 Å². The van der Waals surface area contributed by atoms with E-state index in [1.54, 1.807) is 25.3 Å². The molecule has 0 aliphatic rings. The quantitative estimate of drug-likeness (QED) is 0.915. The van der Waals surface area contributed by atoms with Gasteiger partial charge in [0, 0.05) is 5.56 Å². The Morgan fingerprint density at radius 3 is 2.21 bits per heavy atom. The summed E-state index contributed by atoms with van der Waals surface area (Å²) in [6.07, 6.45) is 0. The van der Waals surface area contributed by atoms with Gasteiger partial charge in [0.15, 0.2) is 0 Å². The largest absolute Gasteiger partial charge is 0.496 e. The molecule has 0 saturated carbocycles. The van der Waals surface area contributed by atoms with Gasteiger partial charge in [-0.2, -0.15) is 0 Å². The maximum Gasteiger partial charge on any atom is 0.128 e. The molecule has 1 atom stereocenters. The summed E-state index contributed by atoms with van der Waals surface area (Å²) in [5, 5.41) is 0. The summed E-state index contributed by atoms with van der Waals surface area (Å²) in [5.74, 6) is 0.575. The van der Waals surface area contributed by atoms with Gasteiger partial charge in [0.1, 0.15) is 11.6 Å². The fourth-order valence-corrected chi connectivity index (χ4v) is 2.39. The molecule has 0 radical (unpaired) electrons. The van der Waals surface area contributed by atoms with Crippen LogP contribution in [0.3, 0.4) is 0 Å². The van der Waals surface area contributed by atoms with E-state index in [2.05, 4.69) is 0 Å². The van der Waals surface area contributed by atoms with E-state index in [1.807, 2.05) is 26.0 Å². The normalized spacial score (nSPS) is 12.3. The van der Waals surface area contributed by atoms with Crippen molar-refractivity contribution in [1.82, 2.24) is 0 Å². The first-order valence-electron chi connectivity index (χ1n) is 6.19. The van der Waals surface area contributed by atoms with Crippen LogP contribution >= 0.6 is 0 Å². The highest BCUT2D eigenvalue weighted by molar-refractivity contribution is 5.46. The van der Waals surface area contributed by atoms with Gasteiger partial charge in [0.05, 0.1) is 13.2 Å². The lowest BCUT2D eigenvalue weighted by Gasteiger charge is -2.17. The van der Waals surface area contributed by atoms with Crippen LogP contribution in [0.4, 0.5) is 4.39 Å². The van der Waals surface area contributed by atoms with Crippen LogP contribution in [0.1, 0.15) is 28.3 Å². The molecule has 0 amide bonds. The van der Waals surface area contributed by atoms with Gasteiger partial charge in [0.2, 0.25) is 0 Å². The van der Waals surface area contributed by atoms with E-state index in [4.69, 9.17) is 10.5 Å². The van der Waals surface area contributed by atoms with Crippen LogP contribution in [0.5, 0.6) is 5.75 Å². The molecule has 0 fully saturated rings. The van der Waals surface area contributed by atoms with E-state index in [9.17, 15) is 4.39 Å². The van der Waals surface area contributed by atoms with Gasteiger partial charge in [-0.05, 0) is 36.6 Å². The molecular weight excluding hydrogens is 241 g/mol. The van der Waals surface area contributed by atoms with E-state index < -0.39 is 6.04 Å². The minimum atomic E-state index is -0.468. The standard InChI is InChI=1S/C16H18FNO/c1-10-8-12(9-11(2)16(10)19-3)15(18)13-6-4-5-7-14(13)17/h4-9,15H,18H2,1-3H3. The number of rotatable bonds is 3. The van der Waals surface area contributed by atoms with Crippen LogP contribution in [0.15, 0.2) is 36.4 Å². The molecule has 0 spiro atoms. The van der Waals surface area contributed by atoms with Crippen molar-refractivity contribution in [2.45, 2.75) is 19.9 Å². The van der Waals surface area contributed by atoms with Crippen molar-refractivity contribution in [2.24, 2.45) is 5.73 Å². The minimum Gasteiger partial charge on any atom is -0.496 e. The number of hydrogen-bond donors (Lipinski definition) is 1. The maximum atomic E-state index is 13.8. The fraction of sp³-hybridized carbons (Fsp3) is 0.250. The first-order valence-corrected chi connectivity index (χ1v) is 6.19. The van der Waals surface area contributed by atoms with Crippen molar-refractivity contribution < 1.29 is 9.13 Å². The van der Waals surface area contributed by atoms with Crippen molar-refractivity contribution >= 4 is 0 Å². The van der Waals surface area contributed by atoms with Gasteiger partial charge >= 0.3 is 0 Å². The molecule has 0 aliphatic heterocycles. The van der Waals surface area contributed by atoms with E-state index in [-0.39, 0.29) is 5.82 Å². The monoisotopic (exact) mass is 259 g/mol. The first kappa shape index (κ1) is 13.6. The highest BCUT2D eigenvalue weighted by atomic mass is 19.1. The highest BCUT2D eigenvalue weighted by Gasteiger charge is 2.15. The Labute approximate surface area is 113 Å². The Hall–Kier alpha value is -1.87. The Morgan fingerprint density at radius 2 is 1.68 bits per heavy atom. The molecule has 2 aromatic carbocycles. The topological polar surface area (TPSA) is 35.2 Å². The predicted molar refractivity (Wildman–Crippen MR) is 74.9 cm³/mol. The number of hydrogen-bond acceptors (Lipinski definition) is 2. The zero-order valence-electron chi connectivity index (χ0n) is 11.4. The second kappa shape index (κ2) is 5.41. The van der Waals surface area contributed by atoms with Crippen molar-refractivity contribution in [3.05, 3.63) is 64.5 Å². The zero-order valence-corrected chi connectivity index (χ0v) is 11.4. The number of benzene rings is 2. The average molecular weight is 259 g/mol. The van der Waals surface area contributed by atoms with Gasteiger partial charge in [-0.15, -0.1) is 0 Å². The van der Waals surface area contributed by atoms with Crippen LogP contribution in [-0.4, -0.2) is 7.11 Å². The molecule has 0 saturated heterocycles. The van der Waals surface area contributed by atoms with Gasteiger partial charge in [0.25, 0.3) is 0 Å². The summed E-state index contributed by atoms with van der Waals surface area (Å²) in [6.45, 7) is 3.92. The molecule has 19 heavy (non-hydrogen) atoms. The van der Waals surface area contributed by atoms with Gasteiger partial charge < -0.3 is 10.5 Å². The number of methoxy groups -OCH3 is 1. The fourth-order valence-electron chi connectivity index (χ4n) is 2.39. The van der Waals surface area contributed by atoms with Crippen LogP contribution in [-0.2, 0) is 0 Å². The molecule has 0 aromatic heterocycles.